The number of halogens is 3. The van der Waals surface area contributed by atoms with Gasteiger partial charge in [0, 0.05) is 31.1 Å². The molecule has 1 fully saturated rings. The van der Waals surface area contributed by atoms with Crippen molar-refractivity contribution >= 4 is 17.5 Å². The van der Waals surface area contributed by atoms with Crippen LogP contribution in [-0.2, 0) is 4.79 Å². The van der Waals surface area contributed by atoms with Crippen LogP contribution in [0.3, 0.4) is 0 Å². The van der Waals surface area contributed by atoms with Crippen LogP contribution in [0.15, 0.2) is 30.3 Å². The highest BCUT2D eigenvalue weighted by atomic mass is 19.2. The van der Waals surface area contributed by atoms with Crippen molar-refractivity contribution in [2.75, 3.05) is 25.0 Å². The molecule has 1 atom stereocenters. The number of hydrogen-bond donors (Lipinski definition) is 1. The number of ether oxygens (including phenoxy) is 2. The Morgan fingerprint density at radius 3 is 2.66 bits per heavy atom. The van der Waals surface area contributed by atoms with E-state index >= 15 is 0 Å². The van der Waals surface area contributed by atoms with Gasteiger partial charge in [0.25, 0.3) is 11.8 Å². The summed E-state index contributed by atoms with van der Waals surface area (Å²) in [7, 11) is 0. The van der Waals surface area contributed by atoms with Crippen molar-refractivity contribution < 1.29 is 32.2 Å². The zero-order valence-electron chi connectivity index (χ0n) is 15.4. The van der Waals surface area contributed by atoms with Crippen molar-refractivity contribution in [2.45, 2.75) is 13.0 Å². The third-order valence-electron chi connectivity index (χ3n) is 5.01. The van der Waals surface area contributed by atoms with Crippen molar-refractivity contribution in [1.82, 2.24) is 4.90 Å². The van der Waals surface area contributed by atoms with Crippen LogP contribution in [0.1, 0.15) is 17.3 Å². The Balaban J connectivity index is 1.39. The maximum Gasteiger partial charge on any atom is 0.262 e. The average Bonchev–Trinajstić information content (AvgIpc) is 2.63. The van der Waals surface area contributed by atoms with Gasteiger partial charge in [-0.2, -0.15) is 0 Å². The average molecular weight is 406 g/mol. The fraction of sp³-hybridized carbons (Fsp3) is 0.300. The zero-order chi connectivity index (χ0) is 20.7. The van der Waals surface area contributed by atoms with E-state index in [0.717, 1.165) is 18.2 Å². The van der Waals surface area contributed by atoms with E-state index < -0.39 is 23.4 Å². The molecule has 0 aromatic heterocycles. The van der Waals surface area contributed by atoms with Crippen molar-refractivity contribution in [3.63, 3.8) is 0 Å². The Kier molecular flexibility index (Phi) is 4.81. The first-order chi connectivity index (χ1) is 13.8. The summed E-state index contributed by atoms with van der Waals surface area (Å²) in [4.78, 5) is 25.5. The minimum atomic E-state index is -1.00. The summed E-state index contributed by atoms with van der Waals surface area (Å²) in [5.41, 5.74) is 0.0836. The molecule has 0 saturated carbocycles. The molecule has 2 aliphatic heterocycles. The molecular formula is C20H17F3N2O4. The molecule has 152 valence electrons. The lowest BCUT2D eigenvalue weighted by Crippen LogP contribution is -2.55. The van der Waals surface area contributed by atoms with Crippen molar-refractivity contribution in [3.8, 4) is 11.5 Å². The fourth-order valence-corrected chi connectivity index (χ4v) is 3.27. The molecule has 2 aliphatic rings. The number of anilines is 1. The SMILES string of the molecule is CC(Oc1ccc(F)c(F)c1)C1CN(C(=O)c2cc3c(cc2F)OCC(=O)N3)C1. The van der Waals surface area contributed by atoms with Crippen molar-refractivity contribution in [2.24, 2.45) is 5.92 Å². The maximum atomic E-state index is 14.3. The van der Waals surface area contributed by atoms with Gasteiger partial charge in [0.05, 0.1) is 11.3 Å². The Bertz CT molecular complexity index is 992. The van der Waals surface area contributed by atoms with Gasteiger partial charge >= 0.3 is 0 Å². The number of amides is 2. The first kappa shape index (κ1) is 19.1. The molecule has 0 bridgehead atoms. The van der Waals surface area contributed by atoms with E-state index in [9.17, 15) is 22.8 Å². The number of nitrogens with zero attached hydrogens (tertiary/aromatic N) is 1. The quantitative estimate of drug-likeness (QED) is 0.848. The number of nitrogens with one attached hydrogen (secondary N) is 1. The lowest BCUT2D eigenvalue weighted by molar-refractivity contribution is -0.118. The first-order valence-electron chi connectivity index (χ1n) is 8.99. The zero-order valence-corrected chi connectivity index (χ0v) is 15.4. The van der Waals surface area contributed by atoms with E-state index in [1.807, 2.05) is 0 Å². The highest BCUT2D eigenvalue weighted by molar-refractivity contribution is 6.00. The van der Waals surface area contributed by atoms with Crippen LogP contribution in [0.2, 0.25) is 0 Å². The van der Waals surface area contributed by atoms with Gasteiger partial charge in [-0.1, -0.05) is 0 Å². The molecule has 2 heterocycles. The molecule has 1 unspecified atom stereocenters. The number of hydrogen-bond acceptors (Lipinski definition) is 4. The molecule has 29 heavy (non-hydrogen) atoms. The van der Waals surface area contributed by atoms with Gasteiger partial charge in [-0.15, -0.1) is 0 Å². The van der Waals surface area contributed by atoms with Crippen LogP contribution < -0.4 is 14.8 Å². The van der Waals surface area contributed by atoms with Gasteiger partial charge in [0.1, 0.15) is 23.4 Å². The molecular weight excluding hydrogens is 389 g/mol. The summed E-state index contributed by atoms with van der Waals surface area (Å²) < 4.78 is 51.4. The standard InChI is InChI=1S/C20H17F3N2O4/c1-10(29-12-2-3-14(21)16(23)4-12)11-7-25(8-11)20(27)13-5-17-18(6-15(13)22)28-9-19(26)24-17/h2-6,10-11H,7-9H2,1H3,(H,24,26). The second kappa shape index (κ2) is 7.31. The Hall–Kier alpha value is -3.23. The molecule has 2 aromatic rings. The maximum absolute atomic E-state index is 14.3. The third kappa shape index (κ3) is 3.72. The minimum Gasteiger partial charge on any atom is -0.490 e. The summed E-state index contributed by atoms with van der Waals surface area (Å²) in [6.07, 6.45) is -0.357. The van der Waals surface area contributed by atoms with Crippen LogP contribution in [0.4, 0.5) is 18.9 Å². The first-order valence-corrected chi connectivity index (χ1v) is 8.99. The molecule has 0 radical (unpaired) electrons. The molecule has 6 nitrogen and oxygen atoms in total. The fourth-order valence-electron chi connectivity index (χ4n) is 3.27. The molecule has 1 N–H and O–H groups in total. The summed E-state index contributed by atoms with van der Waals surface area (Å²) in [5.74, 6) is -3.27. The van der Waals surface area contributed by atoms with E-state index in [0.29, 0.717) is 13.1 Å². The predicted molar refractivity (Wildman–Crippen MR) is 96.4 cm³/mol. The second-order valence-corrected chi connectivity index (χ2v) is 7.03. The topological polar surface area (TPSA) is 67.9 Å². The number of rotatable bonds is 4. The van der Waals surface area contributed by atoms with Gasteiger partial charge in [-0.25, -0.2) is 13.2 Å². The van der Waals surface area contributed by atoms with Crippen LogP contribution in [-0.4, -0.2) is 42.5 Å². The molecule has 9 heteroatoms. The molecule has 0 spiro atoms. The largest absolute Gasteiger partial charge is 0.490 e. The lowest BCUT2D eigenvalue weighted by Gasteiger charge is -2.42. The summed E-state index contributed by atoms with van der Waals surface area (Å²) >= 11 is 0. The second-order valence-electron chi connectivity index (χ2n) is 7.03. The molecule has 4 rings (SSSR count). The number of carbonyl (C=O) groups is 2. The van der Waals surface area contributed by atoms with Crippen molar-refractivity contribution in [3.05, 3.63) is 53.3 Å². The molecule has 1 saturated heterocycles. The van der Waals surface area contributed by atoms with Crippen molar-refractivity contribution in [1.29, 1.82) is 0 Å². The van der Waals surface area contributed by atoms with Crippen LogP contribution in [0.5, 0.6) is 11.5 Å². The monoisotopic (exact) mass is 406 g/mol. The van der Waals surface area contributed by atoms with Gasteiger partial charge in [-0.05, 0) is 25.1 Å². The van der Waals surface area contributed by atoms with Crippen LogP contribution >= 0.6 is 0 Å². The van der Waals surface area contributed by atoms with E-state index in [2.05, 4.69) is 5.32 Å². The molecule has 2 aromatic carbocycles. The minimum absolute atomic E-state index is 0.0456. The summed E-state index contributed by atoms with van der Waals surface area (Å²) in [6, 6.07) is 5.61. The van der Waals surface area contributed by atoms with Gasteiger partial charge < -0.3 is 19.7 Å². The third-order valence-corrected chi connectivity index (χ3v) is 5.01. The number of fused-ring (bicyclic) bond motifs is 1. The molecule has 2 amide bonds. The highest BCUT2D eigenvalue weighted by Gasteiger charge is 2.37. The molecule has 0 aliphatic carbocycles. The van der Waals surface area contributed by atoms with E-state index in [1.165, 1.54) is 17.0 Å². The Labute approximate surface area is 164 Å². The van der Waals surface area contributed by atoms with Crippen LogP contribution in [0, 0.1) is 23.4 Å². The normalized spacial score (nSPS) is 17.0. The number of benzene rings is 2. The Morgan fingerprint density at radius 1 is 1.17 bits per heavy atom. The predicted octanol–water partition coefficient (Wildman–Crippen LogP) is 2.97. The van der Waals surface area contributed by atoms with Gasteiger partial charge in [-0.3, -0.25) is 9.59 Å². The summed E-state index contributed by atoms with van der Waals surface area (Å²) in [6.45, 7) is 2.20. The van der Waals surface area contributed by atoms with Gasteiger partial charge in [0.15, 0.2) is 18.2 Å². The van der Waals surface area contributed by atoms with E-state index in [1.54, 1.807) is 6.92 Å². The highest BCUT2D eigenvalue weighted by Crippen LogP contribution is 2.32. The number of likely N-dealkylation sites (tertiary alicyclic amines) is 1. The van der Waals surface area contributed by atoms with Crippen LogP contribution in [0.25, 0.3) is 0 Å². The lowest BCUT2D eigenvalue weighted by atomic mass is 9.93. The Morgan fingerprint density at radius 2 is 1.93 bits per heavy atom. The summed E-state index contributed by atoms with van der Waals surface area (Å²) in [5, 5.41) is 2.54. The number of carbonyl (C=O) groups excluding carboxylic acids is 2. The van der Waals surface area contributed by atoms with E-state index in [-0.39, 0.29) is 47.3 Å². The van der Waals surface area contributed by atoms with E-state index in [4.69, 9.17) is 9.47 Å². The van der Waals surface area contributed by atoms with Gasteiger partial charge in [0.2, 0.25) is 0 Å². The smallest absolute Gasteiger partial charge is 0.262 e.